The predicted octanol–water partition coefficient (Wildman–Crippen LogP) is 2.93. The Balaban J connectivity index is 2.44. The molecule has 0 aliphatic rings. The summed E-state index contributed by atoms with van der Waals surface area (Å²) in [7, 11) is 0. The number of nitrogen functional groups attached to an aromatic ring is 2. The summed E-state index contributed by atoms with van der Waals surface area (Å²) < 4.78 is 37.2. The Bertz CT molecular complexity index is 562. The van der Waals surface area contributed by atoms with Crippen molar-refractivity contribution in [2.24, 2.45) is 0 Å². The van der Waals surface area contributed by atoms with Crippen LogP contribution in [0, 0.1) is 0 Å². The molecule has 1 aromatic heterocycles. The molecular weight excluding hydrogens is 243 g/mol. The minimum Gasteiger partial charge on any atom is -0.396 e. The molecule has 0 unspecified atom stereocenters. The lowest BCUT2D eigenvalue weighted by atomic mass is 10.0. The largest absolute Gasteiger partial charge is 0.416 e. The van der Waals surface area contributed by atoms with Crippen LogP contribution < -0.4 is 11.5 Å². The van der Waals surface area contributed by atoms with Crippen LogP contribution >= 0.6 is 0 Å². The number of aromatic nitrogens is 1. The van der Waals surface area contributed by atoms with E-state index in [9.17, 15) is 13.2 Å². The summed E-state index contributed by atoms with van der Waals surface area (Å²) in [4.78, 5) is 3.87. The van der Waals surface area contributed by atoms with Gasteiger partial charge in [-0.1, -0.05) is 12.1 Å². The van der Waals surface area contributed by atoms with E-state index in [4.69, 9.17) is 11.5 Å². The van der Waals surface area contributed by atoms with Gasteiger partial charge in [0, 0.05) is 11.8 Å². The summed E-state index contributed by atoms with van der Waals surface area (Å²) in [5, 5.41) is 0. The zero-order valence-corrected chi connectivity index (χ0v) is 9.20. The number of rotatable bonds is 1. The van der Waals surface area contributed by atoms with Gasteiger partial charge in [-0.2, -0.15) is 13.2 Å². The summed E-state index contributed by atoms with van der Waals surface area (Å²) in [6.45, 7) is 0. The minimum absolute atomic E-state index is 0.299. The fourth-order valence-corrected chi connectivity index (χ4v) is 1.56. The van der Waals surface area contributed by atoms with Gasteiger partial charge < -0.3 is 11.5 Å². The van der Waals surface area contributed by atoms with E-state index >= 15 is 0 Å². The van der Waals surface area contributed by atoms with E-state index in [0.29, 0.717) is 22.5 Å². The number of hydrogen-bond donors (Lipinski definition) is 2. The van der Waals surface area contributed by atoms with Crippen LogP contribution in [0.25, 0.3) is 11.1 Å². The van der Waals surface area contributed by atoms with Crippen LogP contribution in [0.15, 0.2) is 36.7 Å². The molecule has 2 rings (SSSR count). The number of nitrogens with zero attached hydrogens (tertiary/aromatic N) is 1. The lowest BCUT2D eigenvalue weighted by Gasteiger charge is -2.10. The van der Waals surface area contributed by atoms with E-state index in [1.165, 1.54) is 24.5 Å². The van der Waals surface area contributed by atoms with Crippen molar-refractivity contribution >= 4 is 11.4 Å². The number of nitrogens with two attached hydrogens (primary N) is 2. The number of anilines is 2. The third-order valence-corrected chi connectivity index (χ3v) is 2.54. The molecule has 0 saturated carbocycles. The molecule has 0 amide bonds. The maximum Gasteiger partial charge on any atom is 0.416 e. The number of alkyl halides is 3. The van der Waals surface area contributed by atoms with Crippen molar-refractivity contribution < 1.29 is 13.2 Å². The monoisotopic (exact) mass is 253 g/mol. The maximum atomic E-state index is 12.4. The zero-order chi connectivity index (χ0) is 13.3. The summed E-state index contributed by atoms with van der Waals surface area (Å²) in [5.74, 6) is 0. The van der Waals surface area contributed by atoms with Crippen molar-refractivity contribution in [2.75, 3.05) is 11.5 Å². The van der Waals surface area contributed by atoms with E-state index in [2.05, 4.69) is 4.98 Å². The molecule has 3 nitrogen and oxygen atoms in total. The predicted molar refractivity (Wildman–Crippen MR) is 63.5 cm³/mol. The molecular formula is C12H10F3N3. The van der Waals surface area contributed by atoms with Crippen LogP contribution in [0.1, 0.15) is 5.56 Å². The Labute approximate surface area is 101 Å². The van der Waals surface area contributed by atoms with Crippen molar-refractivity contribution in [3.8, 4) is 11.1 Å². The molecule has 0 aliphatic carbocycles. The van der Waals surface area contributed by atoms with Crippen LogP contribution in [0.2, 0.25) is 0 Å². The molecule has 1 aromatic carbocycles. The van der Waals surface area contributed by atoms with Gasteiger partial charge in [0.2, 0.25) is 0 Å². The van der Waals surface area contributed by atoms with Crippen molar-refractivity contribution in [3.05, 3.63) is 42.2 Å². The molecule has 0 fully saturated rings. The maximum absolute atomic E-state index is 12.4. The van der Waals surface area contributed by atoms with Gasteiger partial charge in [-0.3, -0.25) is 4.98 Å². The molecule has 0 spiro atoms. The Morgan fingerprint density at radius 2 is 1.56 bits per heavy atom. The van der Waals surface area contributed by atoms with Crippen molar-refractivity contribution in [1.82, 2.24) is 4.98 Å². The van der Waals surface area contributed by atoms with E-state index < -0.39 is 11.7 Å². The van der Waals surface area contributed by atoms with E-state index in [0.717, 1.165) is 12.1 Å². The van der Waals surface area contributed by atoms with Gasteiger partial charge in [0.1, 0.15) is 0 Å². The molecule has 0 radical (unpaired) electrons. The Morgan fingerprint density at radius 3 is 2.11 bits per heavy atom. The van der Waals surface area contributed by atoms with Crippen molar-refractivity contribution in [3.63, 3.8) is 0 Å². The molecule has 6 heteroatoms. The standard InChI is InChI=1S/C12H10F3N3/c13-12(14,15)8-3-1-7(2-4-8)9-5-18-6-10(16)11(9)17/h1-6H,16H2,(H2,17,18). The van der Waals surface area contributed by atoms with Crippen LogP contribution in [0.4, 0.5) is 24.5 Å². The average molecular weight is 253 g/mol. The first-order chi connectivity index (χ1) is 8.39. The molecule has 4 N–H and O–H groups in total. The molecule has 2 aromatic rings. The van der Waals surface area contributed by atoms with Crippen molar-refractivity contribution in [1.29, 1.82) is 0 Å². The highest BCUT2D eigenvalue weighted by atomic mass is 19.4. The highest BCUT2D eigenvalue weighted by Gasteiger charge is 2.30. The van der Waals surface area contributed by atoms with Gasteiger partial charge in [0.05, 0.1) is 23.1 Å². The van der Waals surface area contributed by atoms with Gasteiger partial charge in [-0.15, -0.1) is 0 Å². The average Bonchev–Trinajstić information content (AvgIpc) is 2.32. The van der Waals surface area contributed by atoms with Crippen molar-refractivity contribution in [2.45, 2.75) is 6.18 Å². The third kappa shape index (κ3) is 2.22. The van der Waals surface area contributed by atoms with Crippen LogP contribution in [0.5, 0.6) is 0 Å². The topological polar surface area (TPSA) is 64.9 Å². The SMILES string of the molecule is Nc1cncc(-c2ccc(C(F)(F)F)cc2)c1N. The normalized spacial score (nSPS) is 11.5. The quantitative estimate of drug-likeness (QED) is 0.821. The molecule has 1 heterocycles. The highest BCUT2D eigenvalue weighted by molar-refractivity contribution is 5.83. The number of halogens is 3. The molecule has 0 aliphatic heterocycles. The van der Waals surface area contributed by atoms with E-state index in [1.54, 1.807) is 0 Å². The third-order valence-electron chi connectivity index (χ3n) is 2.54. The number of hydrogen-bond acceptors (Lipinski definition) is 3. The first-order valence-electron chi connectivity index (χ1n) is 5.06. The van der Waals surface area contributed by atoms with Gasteiger partial charge in [0.15, 0.2) is 0 Å². The first-order valence-corrected chi connectivity index (χ1v) is 5.06. The fraction of sp³-hybridized carbons (Fsp3) is 0.0833. The molecule has 0 bridgehead atoms. The molecule has 0 atom stereocenters. The van der Waals surface area contributed by atoms with Gasteiger partial charge in [0.25, 0.3) is 0 Å². The summed E-state index contributed by atoms with van der Waals surface area (Å²) in [5.41, 5.74) is 12.3. The second kappa shape index (κ2) is 4.21. The summed E-state index contributed by atoms with van der Waals surface area (Å²) >= 11 is 0. The zero-order valence-electron chi connectivity index (χ0n) is 9.20. The summed E-state index contributed by atoms with van der Waals surface area (Å²) in [6.07, 6.45) is -1.49. The van der Waals surface area contributed by atoms with Crippen LogP contribution in [-0.4, -0.2) is 4.98 Å². The van der Waals surface area contributed by atoms with Gasteiger partial charge in [-0.05, 0) is 17.7 Å². The second-order valence-electron chi connectivity index (χ2n) is 3.77. The highest BCUT2D eigenvalue weighted by Crippen LogP contribution is 2.33. The Kier molecular flexibility index (Phi) is 2.86. The molecule has 18 heavy (non-hydrogen) atoms. The van der Waals surface area contributed by atoms with Crippen LogP contribution in [-0.2, 0) is 6.18 Å². The molecule has 94 valence electrons. The number of pyridine rings is 1. The van der Waals surface area contributed by atoms with Gasteiger partial charge in [-0.25, -0.2) is 0 Å². The fourth-order valence-electron chi connectivity index (χ4n) is 1.56. The smallest absolute Gasteiger partial charge is 0.396 e. The molecule has 0 saturated heterocycles. The Hall–Kier alpha value is -2.24. The van der Waals surface area contributed by atoms with E-state index in [-0.39, 0.29) is 0 Å². The number of benzene rings is 1. The minimum atomic E-state index is -4.35. The van der Waals surface area contributed by atoms with E-state index in [1.807, 2.05) is 0 Å². The Morgan fingerprint density at radius 1 is 0.944 bits per heavy atom. The second-order valence-corrected chi connectivity index (χ2v) is 3.77. The lowest BCUT2D eigenvalue weighted by molar-refractivity contribution is -0.137. The summed E-state index contributed by atoms with van der Waals surface area (Å²) in [6, 6.07) is 4.68. The lowest BCUT2D eigenvalue weighted by Crippen LogP contribution is -2.04. The van der Waals surface area contributed by atoms with Gasteiger partial charge >= 0.3 is 6.18 Å². The first kappa shape index (κ1) is 12.2. The van der Waals surface area contributed by atoms with Crippen LogP contribution in [0.3, 0.4) is 0 Å².